The van der Waals surface area contributed by atoms with Crippen molar-refractivity contribution in [2.45, 2.75) is 32.6 Å². The number of nitrogens with one attached hydrogen (secondary N) is 1. The SMILES string of the molecule is Cc1nnc(NCCCCCC(=O)O)c2ccccc12. The standard InChI is InChI=1S/C15H19N3O2/c1-11-12-7-4-5-8-13(12)15(18-17-11)16-10-6-2-3-9-14(19)20/h4-5,7-8H,2-3,6,9-10H2,1H3,(H,16,18)(H,19,20). The number of carbonyl (C=O) groups is 1. The summed E-state index contributed by atoms with van der Waals surface area (Å²) < 4.78 is 0. The molecule has 1 aromatic carbocycles. The Morgan fingerprint density at radius 3 is 2.65 bits per heavy atom. The molecule has 0 saturated heterocycles. The van der Waals surface area contributed by atoms with E-state index >= 15 is 0 Å². The van der Waals surface area contributed by atoms with Crippen molar-refractivity contribution in [3.63, 3.8) is 0 Å². The maximum atomic E-state index is 10.4. The van der Waals surface area contributed by atoms with Gasteiger partial charge in [0.05, 0.1) is 5.69 Å². The summed E-state index contributed by atoms with van der Waals surface area (Å²) in [6.07, 6.45) is 2.79. The number of benzene rings is 1. The first kappa shape index (κ1) is 14.2. The number of aliphatic carboxylic acids is 1. The molecule has 1 heterocycles. The van der Waals surface area contributed by atoms with Gasteiger partial charge in [-0.3, -0.25) is 4.79 Å². The second kappa shape index (κ2) is 6.84. The van der Waals surface area contributed by atoms with Crippen molar-refractivity contribution in [3.05, 3.63) is 30.0 Å². The number of nitrogens with zero attached hydrogens (tertiary/aromatic N) is 2. The first-order valence-electron chi connectivity index (χ1n) is 6.86. The Kier molecular flexibility index (Phi) is 4.87. The lowest BCUT2D eigenvalue weighted by atomic mass is 10.1. The Morgan fingerprint density at radius 1 is 1.15 bits per heavy atom. The molecule has 2 rings (SSSR count). The zero-order chi connectivity index (χ0) is 14.4. The van der Waals surface area contributed by atoms with E-state index in [1.807, 2.05) is 31.2 Å². The molecule has 0 saturated carbocycles. The third-order valence-corrected chi connectivity index (χ3v) is 3.23. The van der Waals surface area contributed by atoms with Gasteiger partial charge in [-0.05, 0) is 19.8 Å². The molecule has 20 heavy (non-hydrogen) atoms. The number of unbranched alkanes of at least 4 members (excludes halogenated alkanes) is 2. The van der Waals surface area contributed by atoms with Gasteiger partial charge in [0.15, 0.2) is 5.82 Å². The summed E-state index contributed by atoms with van der Waals surface area (Å²) in [6, 6.07) is 8.05. The van der Waals surface area contributed by atoms with Crippen LogP contribution in [0.2, 0.25) is 0 Å². The van der Waals surface area contributed by atoms with Crippen LogP contribution in [-0.4, -0.2) is 27.8 Å². The maximum Gasteiger partial charge on any atom is 0.303 e. The Bertz CT molecular complexity index is 599. The average molecular weight is 273 g/mol. The highest BCUT2D eigenvalue weighted by Gasteiger charge is 2.05. The predicted molar refractivity (Wildman–Crippen MR) is 78.9 cm³/mol. The number of rotatable bonds is 7. The Labute approximate surface area is 118 Å². The first-order valence-corrected chi connectivity index (χ1v) is 6.86. The van der Waals surface area contributed by atoms with E-state index in [1.54, 1.807) is 0 Å². The summed E-state index contributed by atoms with van der Waals surface area (Å²) in [4.78, 5) is 10.4. The molecule has 0 bridgehead atoms. The van der Waals surface area contributed by atoms with Crippen LogP contribution in [0.4, 0.5) is 5.82 Å². The van der Waals surface area contributed by atoms with Crippen LogP contribution < -0.4 is 5.32 Å². The van der Waals surface area contributed by atoms with Crippen LogP contribution in [-0.2, 0) is 4.79 Å². The van der Waals surface area contributed by atoms with E-state index in [4.69, 9.17) is 5.11 Å². The Hall–Kier alpha value is -2.17. The molecule has 0 aliphatic heterocycles. The van der Waals surface area contributed by atoms with Gasteiger partial charge >= 0.3 is 5.97 Å². The summed E-state index contributed by atoms with van der Waals surface area (Å²) in [7, 11) is 0. The summed E-state index contributed by atoms with van der Waals surface area (Å²) in [5.74, 6) is 0.0674. The molecule has 2 N–H and O–H groups in total. The van der Waals surface area contributed by atoms with Crippen molar-refractivity contribution in [1.29, 1.82) is 0 Å². The number of carboxylic acids is 1. The van der Waals surface area contributed by atoms with Crippen molar-refractivity contribution < 1.29 is 9.90 Å². The van der Waals surface area contributed by atoms with Crippen LogP contribution in [0, 0.1) is 6.92 Å². The maximum absolute atomic E-state index is 10.4. The van der Waals surface area contributed by atoms with E-state index in [1.165, 1.54) is 0 Å². The number of anilines is 1. The lowest BCUT2D eigenvalue weighted by Gasteiger charge is -2.09. The van der Waals surface area contributed by atoms with Gasteiger partial charge in [0.2, 0.25) is 0 Å². The third-order valence-electron chi connectivity index (χ3n) is 3.23. The quantitative estimate of drug-likeness (QED) is 0.758. The van der Waals surface area contributed by atoms with E-state index in [9.17, 15) is 4.79 Å². The molecule has 0 atom stereocenters. The fourth-order valence-electron chi connectivity index (χ4n) is 2.15. The number of aromatic nitrogens is 2. The highest BCUT2D eigenvalue weighted by Crippen LogP contribution is 2.22. The second-order valence-corrected chi connectivity index (χ2v) is 4.81. The van der Waals surface area contributed by atoms with E-state index in [0.717, 1.165) is 48.1 Å². The molecule has 0 radical (unpaired) electrons. The normalized spacial score (nSPS) is 10.7. The molecule has 0 unspecified atom stereocenters. The van der Waals surface area contributed by atoms with Gasteiger partial charge in [0, 0.05) is 23.7 Å². The monoisotopic (exact) mass is 273 g/mol. The predicted octanol–water partition coefficient (Wildman–Crippen LogP) is 3.00. The number of carboxylic acid groups (broad SMARTS) is 1. The summed E-state index contributed by atoms with van der Waals surface area (Å²) in [5.41, 5.74) is 0.924. The highest BCUT2D eigenvalue weighted by atomic mass is 16.4. The summed E-state index contributed by atoms with van der Waals surface area (Å²) >= 11 is 0. The van der Waals surface area contributed by atoms with Crippen molar-refractivity contribution in [2.24, 2.45) is 0 Å². The molecule has 0 fully saturated rings. The van der Waals surface area contributed by atoms with E-state index < -0.39 is 5.97 Å². The molecule has 2 aromatic rings. The zero-order valence-corrected chi connectivity index (χ0v) is 11.6. The van der Waals surface area contributed by atoms with Crippen LogP contribution in [0.5, 0.6) is 0 Å². The van der Waals surface area contributed by atoms with E-state index in [-0.39, 0.29) is 6.42 Å². The van der Waals surface area contributed by atoms with Gasteiger partial charge in [-0.15, -0.1) is 5.10 Å². The van der Waals surface area contributed by atoms with Crippen molar-refractivity contribution in [1.82, 2.24) is 10.2 Å². The molecule has 0 amide bonds. The number of fused-ring (bicyclic) bond motifs is 1. The smallest absolute Gasteiger partial charge is 0.303 e. The van der Waals surface area contributed by atoms with Crippen molar-refractivity contribution >= 4 is 22.6 Å². The van der Waals surface area contributed by atoms with E-state index in [0.29, 0.717) is 0 Å². The molecule has 5 nitrogen and oxygen atoms in total. The first-order chi connectivity index (χ1) is 9.68. The molecule has 1 aromatic heterocycles. The minimum atomic E-state index is -0.728. The zero-order valence-electron chi connectivity index (χ0n) is 11.6. The molecule has 0 aliphatic carbocycles. The number of hydrogen-bond acceptors (Lipinski definition) is 4. The topological polar surface area (TPSA) is 75.1 Å². The highest BCUT2D eigenvalue weighted by molar-refractivity contribution is 5.92. The molecule has 0 aliphatic rings. The van der Waals surface area contributed by atoms with E-state index in [2.05, 4.69) is 15.5 Å². The lowest BCUT2D eigenvalue weighted by Crippen LogP contribution is -2.06. The van der Waals surface area contributed by atoms with Crippen LogP contribution in [0.15, 0.2) is 24.3 Å². The van der Waals surface area contributed by atoms with Crippen LogP contribution in [0.3, 0.4) is 0 Å². The molecule has 106 valence electrons. The van der Waals surface area contributed by atoms with Gasteiger partial charge in [0.1, 0.15) is 0 Å². The third kappa shape index (κ3) is 3.66. The average Bonchev–Trinajstić information content (AvgIpc) is 2.45. The van der Waals surface area contributed by atoms with Crippen LogP contribution >= 0.6 is 0 Å². The van der Waals surface area contributed by atoms with Crippen LogP contribution in [0.1, 0.15) is 31.4 Å². The summed E-state index contributed by atoms with van der Waals surface area (Å²) in [6.45, 7) is 2.73. The van der Waals surface area contributed by atoms with Gasteiger partial charge in [-0.2, -0.15) is 5.10 Å². The van der Waals surface area contributed by atoms with Crippen molar-refractivity contribution in [3.8, 4) is 0 Å². The minimum absolute atomic E-state index is 0.243. The number of hydrogen-bond donors (Lipinski definition) is 2. The lowest BCUT2D eigenvalue weighted by molar-refractivity contribution is -0.137. The van der Waals surface area contributed by atoms with Gasteiger partial charge < -0.3 is 10.4 Å². The molecule has 5 heteroatoms. The van der Waals surface area contributed by atoms with Gasteiger partial charge in [0.25, 0.3) is 0 Å². The fraction of sp³-hybridized carbons (Fsp3) is 0.400. The molecular weight excluding hydrogens is 254 g/mol. The number of aryl methyl sites for hydroxylation is 1. The fourth-order valence-corrected chi connectivity index (χ4v) is 2.15. The molecular formula is C15H19N3O2. The largest absolute Gasteiger partial charge is 0.481 e. The Balaban J connectivity index is 1.90. The Morgan fingerprint density at radius 2 is 1.90 bits per heavy atom. The minimum Gasteiger partial charge on any atom is -0.481 e. The van der Waals surface area contributed by atoms with Crippen LogP contribution in [0.25, 0.3) is 10.8 Å². The summed E-state index contributed by atoms with van der Waals surface area (Å²) in [5, 5.41) is 22.4. The molecule has 0 spiro atoms. The second-order valence-electron chi connectivity index (χ2n) is 4.81. The van der Waals surface area contributed by atoms with Gasteiger partial charge in [-0.1, -0.05) is 30.7 Å². The van der Waals surface area contributed by atoms with Crippen molar-refractivity contribution in [2.75, 3.05) is 11.9 Å². The van der Waals surface area contributed by atoms with Gasteiger partial charge in [-0.25, -0.2) is 0 Å².